The average molecular weight is 408 g/mol. The molecule has 0 N–H and O–H groups in total. The van der Waals surface area contributed by atoms with Gasteiger partial charge in [0.2, 0.25) is 0 Å². The van der Waals surface area contributed by atoms with E-state index >= 15 is 0 Å². The van der Waals surface area contributed by atoms with Crippen molar-refractivity contribution in [2.75, 3.05) is 6.54 Å². The summed E-state index contributed by atoms with van der Waals surface area (Å²) in [4.78, 5) is 27.1. The average Bonchev–Trinajstić information content (AvgIpc) is 3.27. The SMILES string of the molecule is CC1=C(C#N)C(=O)N(CCc2ccccc2)C(=O)C1=Cc1ccc(-c2ccccc2)o1. The van der Waals surface area contributed by atoms with Crippen LogP contribution in [0.4, 0.5) is 0 Å². The molecule has 0 spiro atoms. The number of hydrogen-bond donors (Lipinski definition) is 0. The third-order valence-electron chi connectivity index (χ3n) is 5.26. The number of imide groups is 1. The molecule has 0 aliphatic carbocycles. The van der Waals surface area contributed by atoms with E-state index < -0.39 is 11.8 Å². The molecule has 0 atom stereocenters. The number of carbonyl (C=O) groups is 2. The fourth-order valence-corrected chi connectivity index (χ4v) is 3.55. The predicted molar refractivity (Wildman–Crippen MR) is 117 cm³/mol. The predicted octanol–water partition coefficient (Wildman–Crippen LogP) is 4.78. The lowest BCUT2D eigenvalue weighted by atomic mass is 9.94. The molecule has 1 aliphatic rings. The first-order valence-electron chi connectivity index (χ1n) is 9.97. The highest BCUT2D eigenvalue weighted by atomic mass is 16.3. The van der Waals surface area contributed by atoms with Crippen molar-refractivity contribution in [2.45, 2.75) is 13.3 Å². The van der Waals surface area contributed by atoms with Crippen LogP contribution in [0.25, 0.3) is 17.4 Å². The van der Waals surface area contributed by atoms with Gasteiger partial charge >= 0.3 is 0 Å². The fourth-order valence-electron chi connectivity index (χ4n) is 3.55. The molecule has 4 rings (SSSR count). The Bertz CT molecular complexity index is 1230. The van der Waals surface area contributed by atoms with E-state index in [2.05, 4.69) is 0 Å². The molecule has 0 unspecified atom stereocenters. The number of hydrogen-bond acceptors (Lipinski definition) is 4. The van der Waals surface area contributed by atoms with Crippen molar-refractivity contribution in [3.63, 3.8) is 0 Å². The molecule has 0 saturated carbocycles. The Balaban J connectivity index is 1.65. The van der Waals surface area contributed by atoms with Crippen molar-refractivity contribution in [1.82, 2.24) is 4.90 Å². The van der Waals surface area contributed by atoms with E-state index in [4.69, 9.17) is 4.42 Å². The minimum atomic E-state index is -0.553. The topological polar surface area (TPSA) is 74.3 Å². The molecule has 0 radical (unpaired) electrons. The zero-order valence-electron chi connectivity index (χ0n) is 17.0. The third kappa shape index (κ3) is 4.10. The zero-order valence-corrected chi connectivity index (χ0v) is 17.0. The van der Waals surface area contributed by atoms with Crippen molar-refractivity contribution in [3.05, 3.63) is 101 Å². The molecule has 0 fully saturated rings. The number of amides is 2. The quantitative estimate of drug-likeness (QED) is 0.450. The lowest BCUT2D eigenvalue weighted by molar-refractivity contribution is -0.140. The Labute approximate surface area is 180 Å². The first-order chi connectivity index (χ1) is 15.1. The van der Waals surface area contributed by atoms with Gasteiger partial charge in [-0.2, -0.15) is 5.26 Å². The maximum atomic E-state index is 13.2. The highest BCUT2D eigenvalue weighted by molar-refractivity contribution is 6.19. The Morgan fingerprint density at radius 2 is 1.61 bits per heavy atom. The van der Waals surface area contributed by atoms with Crippen LogP contribution in [0.5, 0.6) is 0 Å². The lowest BCUT2D eigenvalue weighted by Gasteiger charge is -2.27. The molecule has 0 saturated heterocycles. The van der Waals surface area contributed by atoms with E-state index in [9.17, 15) is 14.9 Å². The van der Waals surface area contributed by atoms with Gasteiger partial charge in [0.15, 0.2) is 0 Å². The minimum Gasteiger partial charge on any atom is -0.457 e. The van der Waals surface area contributed by atoms with E-state index in [0.29, 0.717) is 23.5 Å². The summed E-state index contributed by atoms with van der Waals surface area (Å²) in [5, 5.41) is 9.54. The molecule has 31 heavy (non-hydrogen) atoms. The molecule has 5 nitrogen and oxygen atoms in total. The van der Waals surface area contributed by atoms with Gasteiger partial charge in [-0.05, 0) is 42.7 Å². The summed E-state index contributed by atoms with van der Waals surface area (Å²) in [6.07, 6.45) is 2.12. The number of benzene rings is 2. The van der Waals surface area contributed by atoms with Gasteiger partial charge in [0.25, 0.3) is 11.8 Å². The normalized spacial score (nSPS) is 15.5. The second-order valence-electron chi connectivity index (χ2n) is 7.24. The maximum absolute atomic E-state index is 13.2. The number of carbonyl (C=O) groups excluding carboxylic acids is 2. The maximum Gasteiger partial charge on any atom is 0.271 e. The highest BCUT2D eigenvalue weighted by Crippen LogP contribution is 2.29. The van der Waals surface area contributed by atoms with Crippen LogP contribution in [0, 0.1) is 11.3 Å². The second kappa shape index (κ2) is 8.68. The number of furan rings is 1. The standard InChI is InChI=1S/C26H20N2O3/c1-18-22(16-21-12-13-24(31-21)20-10-6-3-7-11-20)25(29)28(26(30)23(18)17-27)15-14-19-8-4-2-5-9-19/h2-13,16H,14-15H2,1H3. The summed E-state index contributed by atoms with van der Waals surface area (Å²) >= 11 is 0. The summed E-state index contributed by atoms with van der Waals surface area (Å²) in [7, 11) is 0. The number of rotatable bonds is 5. The molecule has 152 valence electrons. The van der Waals surface area contributed by atoms with Crippen LogP contribution in [0.1, 0.15) is 18.2 Å². The minimum absolute atomic E-state index is 0.0197. The highest BCUT2D eigenvalue weighted by Gasteiger charge is 2.35. The molecule has 2 heterocycles. The first-order valence-corrected chi connectivity index (χ1v) is 9.97. The number of nitriles is 1. The first kappa shape index (κ1) is 20.1. The van der Waals surface area contributed by atoms with Gasteiger partial charge in [0.05, 0.1) is 0 Å². The van der Waals surface area contributed by atoms with Gasteiger partial charge in [0, 0.05) is 17.7 Å². The van der Waals surface area contributed by atoms with Gasteiger partial charge in [-0.1, -0.05) is 60.7 Å². The van der Waals surface area contributed by atoms with E-state index in [1.165, 1.54) is 0 Å². The second-order valence-corrected chi connectivity index (χ2v) is 7.24. The molecule has 2 aromatic carbocycles. The van der Waals surface area contributed by atoms with Crippen LogP contribution in [-0.4, -0.2) is 23.3 Å². The van der Waals surface area contributed by atoms with Crippen LogP contribution in [0.2, 0.25) is 0 Å². The largest absolute Gasteiger partial charge is 0.457 e. The Morgan fingerprint density at radius 3 is 2.29 bits per heavy atom. The van der Waals surface area contributed by atoms with Crippen LogP contribution in [-0.2, 0) is 16.0 Å². The fraction of sp³-hybridized carbons (Fsp3) is 0.115. The smallest absolute Gasteiger partial charge is 0.271 e. The summed E-state index contributed by atoms with van der Waals surface area (Å²) in [5.41, 5.74) is 2.57. The van der Waals surface area contributed by atoms with Crippen molar-refractivity contribution < 1.29 is 14.0 Å². The van der Waals surface area contributed by atoms with E-state index in [1.807, 2.05) is 72.8 Å². The van der Waals surface area contributed by atoms with E-state index in [-0.39, 0.29) is 17.7 Å². The molecule has 1 aliphatic heterocycles. The molecular weight excluding hydrogens is 388 g/mol. The van der Waals surface area contributed by atoms with Gasteiger partial charge in [-0.15, -0.1) is 0 Å². The zero-order chi connectivity index (χ0) is 21.8. The van der Waals surface area contributed by atoms with Gasteiger partial charge in [0.1, 0.15) is 23.2 Å². The molecule has 5 heteroatoms. The van der Waals surface area contributed by atoms with Gasteiger partial charge in [-0.3, -0.25) is 14.5 Å². The molecule has 0 bridgehead atoms. The Hall–Kier alpha value is -4.17. The summed E-state index contributed by atoms with van der Waals surface area (Å²) in [5.74, 6) is 0.184. The van der Waals surface area contributed by atoms with Crippen LogP contribution in [0.3, 0.4) is 0 Å². The van der Waals surface area contributed by atoms with E-state index in [1.54, 1.807) is 19.1 Å². The van der Waals surface area contributed by atoms with Gasteiger partial charge in [-0.25, -0.2) is 0 Å². The van der Waals surface area contributed by atoms with Crippen LogP contribution >= 0.6 is 0 Å². The summed E-state index contributed by atoms with van der Waals surface area (Å²) in [6.45, 7) is 1.82. The molecule has 1 aromatic heterocycles. The van der Waals surface area contributed by atoms with Crippen molar-refractivity contribution >= 4 is 17.9 Å². The summed E-state index contributed by atoms with van der Waals surface area (Å²) < 4.78 is 5.89. The molecular formula is C26H20N2O3. The lowest BCUT2D eigenvalue weighted by Crippen LogP contribution is -2.43. The van der Waals surface area contributed by atoms with Crippen LogP contribution in [0.15, 0.2) is 93.9 Å². The van der Waals surface area contributed by atoms with Crippen molar-refractivity contribution in [3.8, 4) is 17.4 Å². The Morgan fingerprint density at radius 1 is 0.935 bits per heavy atom. The molecule has 3 aromatic rings. The number of nitrogens with zero attached hydrogens (tertiary/aromatic N) is 2. The monoisotopic (exact) mass is 408 g/mol. The van der Waals surface area contributed by atoms with E-state index in [0.717, 1.165) is 16.0 Å². The molecule has 2 amide bonds. The van der Waals surface area contributed by atoms with Crippen LogP contribution < -0.4 is 0 Å². The Kier molecular flexibility index (Phi) is 5.63. The van der Waals surface area contributed by atoms with Crippen molar-refractivity contribution in [2.24, 2.45) is 0 Å². The summed E-state index contributed by atoms with van der Waals surface area (Å²) in [6, 6.07) is 24.8. The van der Waals surface area contributed by atoms with Gasteiger partial charge < -0.3 is 4.42 Å². The third-order valence-corrected chi connectivity index (χ3v) is 5.26. The van der Waals surface area contributed by atoms with Crippen molar-refractivity contribution in [1.29, 1.82) is 5.26 Å².